The normalized spacial score (nSPS) is 16.5. The van der Waals surface area contributed by atoms with Crippen LogP contribution in [-0.2, 0) is 4.79 Å². The molecule has 0 radical (unpaired) electrons. The van der Waals surface area contributed by atoms with E-state index >= 15 is 0 Å². The van der Waals surface area contributed by atoms with Crippen LogP contribution in [0.5, 0.6) is 0 Å². The highest BCUT2D eigenvalue weighted by atomic mass is 35.5. The lowest BCUT2D eigenvalue weighted by Gasteiger charge is -2.38. The summed E-state index contributed by atoms with van der Waals surface area (Å²) >= 11 is 7.57. The second kappa shape index (κ2) is 7.33. The molecule has 0 aliphatic carbocycles. The lowest BCUT2D eigenvalue weighted by atomic mass is 10.0. The Labute approximate surface area is 176 Å². The summed E-state index contributed by atoms with van der Waals surface area (Å²) in [5.41, 5.74) is 1.63. The van der Waals surface area contributed by atoms with Gasteiger partial charge in [0.05, 0.1) is 4.70 Å². The van der Waals surface area contributed by atoms with Crippen molar-refractivity contribution < 1.29 is 9.90 Å². The maximum absolute atomic E-state index is 12.2. The number of carbonyl (C=O) groups is 1. The number of H-pyrrole nitrogens is 1. The van der Waals surface area contributed by atoms with E-state index in [-0.39, 0.29) is 0 Å². The Morgan fingerprint density at radius 2 is 1.93 bits per heavy atom. The Balaban J connectivity index is 1.39. The zero-order valence-corrected chi connectivity index (χ0v) is 17.1. The number of benzene rings is 2. The number of nitrogens with one attached hydrogen (secondary N) is 1. The van der Waals surface area contributed by atoms with Crippen LogP contribution in [0.25, 0.3) is 21.0 Å². The molecule has 1 aliphatic rings. The molecule has 1 atom stereocenters. The van der Waals surface area contributed by atoms with Crippen molar-refractivity contribution in [1.29, 1.82) is 0 Å². The fourth-order valence-electron chi connectivity index (χ4n) is 4.13. The van der Waals surface area contributed by atoms with Gasteiger partial charge in [-0.1, -0.05) is 29.8 Å². The van der Waals surface area contributed by atoms with Gasteiger partial charge in [0.15, 0.2) is 0 Å². The maximum Gasteiger partial charge on any atom is 0.325 e. The summed E-state index contributed by atoms with van der Waals surface area (Å²) < 4.78 is 5.81. The Hall–Kier alpha value is -2.61. The number of anilines is 1. The van der Waals surface area contributed by atoms with Crippen molar-refractivity contribution in [2.24, 2.45) is 0 Å². The van der Waals surface area contributed by atoms with Crippen molar-refractivity contribution in [2.75, 3.05) is 31.1 Å². The van der Waals surface area contributed by atoms with Crippen LogP contribution >= 0.6 is 23.1 Å². The molecular formula is C21H19ClN4O2S. The molecule has 8 heteroatoms. The van der Waals surface area contributed by atoms with E-state index < -0.39 is 12.0 Å². The van der Waals surface area contributed by atoms with Gasteiger partial charge in [-0.2, -0.15) is 4.37 Å². The second-order valence-corrected chi connectivity index (χ2v) is 8.44. The average Bonchev–Trinajstić information content (AvgIpc) is 3.33. The monoisotopic (exact) mass is 426 g/mol. The van der Waals surface area contributed by atoms with E-state index in [0.29, 0.717) is 18.1 Å². The van der Waals surface area contributed by atoms with Gasteiger partial charge in [-0.25, -0.2) is 0 Å². The molecule has 0 bridgehead atoms. The fraction of sp³-hybridized carbons (Fsp3) is 0.238. The number of aliphatic carboxylic acids is 1. The SMILES string of the molecule is O=C(O)[C@@H](c1c[nH]c2cc(Cl)ccc12)N1CCN(c2nsc3ccccc23)CC1. The minimum absolute atomic E-state index is 0.627. The Kier molecular flexibility index (Phi) is 4.66. The van der Waals surface area contributed by atoms with Gasteiger partial charge in [0.2, 0.25) is 0 Å². The fourth-order valence-corrected chi connectivity index (χ4v) is 5.09. The third kappa shape index (κ3) is 3.25. The summed E-state index contributed by atoms with van der Waals surface area (Å²) in [5.74, 6) is 0.160. The van der Waals surface area contributed by atoms with Crippen molar-refractivity contribution in [1.82, 2.24) is 14.3 Å². The zero-order valence-electron chi connectivity index (χ0n) is 15.5. The number of piperazine rings is 1. The van der Waals surface area contributed by atoms with Crippen molar-refractivity contribution >= 4 is 55.9 Å². The molecule has 2 aromatic carbocycles. The molecule has 5 rings (SSSR count). The molecule has 2 aromatic heterocycles. The molecule has 6 nitrogen and oxygen atoms in total. The lowest BCUT2D eigenvalue weighted by molar-refractivity contribution is -0.143. The topological polar surface area (TPSA) is 72.5 Å². The number of nitrogens with zero attached hydrogens (tertiary/aromatic N) is 3. The first kappa shape index (κ1) is 18.4. The predicted octanol–water partition coefficient (Wildman–Crippen LogP) is 4.38. The van der Waals surface area contributed by atoms with E-state index in [1.54, 1.807) is 12.3 Å². The summed E-state index contributed by atoms with van der Waals surface area (Å²) in [4.78, 5) is 19.6. The largest absolute Gasteiger partial charge is 0.480 e. The van der Waals surface area contributed by atoms with Gasteiger partial charge < -0.3 is 15.0 Å². The van der Waals surface area contributed by atoms with Crippen LogP contribution in [0.15, 0.2) is 48.7 Å². The van der Waals surface area contributed by atoms with E-state index in [0.717, 1.165) is 40.8 Å². The zero-order chi connectivity index (χ0) is 20.0. The molecule has 0 unspecified atom stereocenters. The van der Waals surface area contributed by atoms with Gasteiger partial charge >= 0.3 is 5.97 Å². The highest BCUT2D eigenvalue weighted by molar-refractivity contribution is 7.13. The van der Waals surface area contributed by atoms with Crippen LogP contribution in [0.4, 0.5) is 5.82 Å². The second-order valence-electron chi connectivity index (χ2n) is 7.20. The van der Waals surface area contributed by atoms with E-state index in [4.69, 9.17) is 11.6 Å². The van der Waals surface area contributed by atoms with Crippen LogP contribution in [0.1, 0.15) is 11.6 Å². The van der Waals surface area contributed by atoms with Gasteiger partial charge in [0, 0.05) is 59.3 Å². The molecule has 29 heavy (non-hydrogen) atoms. The molecule has 0 spiro atoms. The third-order valence-electron chi connectivity index (χ3n) is 5.54. The van der Waals surface area contributed by atoms with Gasteiger partial charge in [-0.15, -0.1) is 0 Å². The van der Waals surface area contributed by atoms with Gasteiger partial charge in [-0.3, -0.25) is 9.69 Å². The van der Waals surface area contributed by atoms with Gasteiger partial charge in [0.25, 0.3) is 0 Å². The molecule has 0 saturated carbocycles. The first-order chi connectivity index (χ1) is 14.1. The summed E-state index contributed by atoms with van der Waals surface area (Å²) in [5, 5.41) is 12.7. The van der Waals surface area contributed by atoms with E-state index in [1.165, 1.54) is 16.2 Å². The smallest absolute Gasteiger partial charge is 0.325 e. The van der Waals surface area contributed by atoms with Gasteiger partial charge in [0.1, 0.15) is 11.9 Å². The molecule has 2 N–H and O–H groups in total. The number of carboxylic acid groups (broad SMARTS) is 1. The molecular weight excluding hydrogens is 408 g/mol. The number of rotatable bonds is 4. The maximum atomic E-state index is 12.2. The molecule has 1 fully saturated rings. The van der Waals surface area contributed by atoms with E-state index in [2.05, 4.69) is 26.4 Å². The van der Waals surface area contributed by atoms with Crippen LogP contribution < -0.4 is 4.90 Å². The van der Waals surface area contributed by atoms with E-state index in [1.807, 2.05) is 29.2 Å². The molecule has 1 saturated heterocycles. The van der Waals surface area contributed by atoms with Crippen LogP contribution in [0.3, 0.4) is 0 Å². The molecule has 148 valence electrons. The van der Waals surface area contributed by atoms with Crippen LogP contribution in [0.2, 0.25) is 5.02 Å². The number of aromatic amines is 1. The lowest BCUT2D eigenvalue weighted by Crippen LogP contribution is -2.49. The summed E-state index contributed by atoms with van der Waals surface area (Å²) in [6.07, 6.45) is 1.79. The number of hydrogen-bond donors (Lipinski definition) is 2. The molecule has 4 aromatic rings. The standard InChI is InChI=1S/C21H19ClN4O2S/c22-13-5-6-14-16(12-23-17(14)11-13)19(21(27)28)25-7-9-26(10-8-25)20-15-3-1-2-4-18(15)29-24-20/h1-6,11-12,19,23H,7-10H2,(H,27,28)/t19-/m1/s1. The number of hydrogen-bond acceptors (Lipinski definition) is 5. The Morgan fingerprint density at radius 1 is 1.14 bits per heavy atom. The van der Waals surface area contributed by atoms with Crippen LogP contribution in [-0.4, -0.2) is 51.5 Å². The first-order valence-corrected chi connectivity index (χ1v) is 10.6. The highest BCUT2D eigenvalue weighted by Gasteiger charge is 2.32. The minimum atomic E-state index is -0.839. The van der Waals surface area contributed by atoms with Crippen molar-refractivity contribution in [3.05, 3.63) is 59.2 Å². The third-order valence-corrected chi connectivity index (χ3v) is 6.59. The Bertz CT molecular complexity index is 1200. The van der Waals surface area contributed by atoms with Crippen LogP contribution in [0, 0.1) is 0 Å². The summed E-state index contributed by atoms with van der Waals surface area (Å²) in [7, 11) is 0. The van der Waals surface area contributed by atoms with Gasteiger partial charge in [-0.05, 0) is 35.8 Å². The number of halogens is 1. The predicted molar refractivity (Wildman–Crippen MR) is 117 cm³/mol. The molecule has 1 aliphatic heterocycles. The van der Waals surface area contributed by atoms with Crippen molar-refractivity contribution in [2.45, 2.75) is 6.04 Å². The highest BCUT2D eigenvalue weighted by Crippen LogP contribution is 2.33. The average molecular weight is 427 g/mol. The number of carboxylic acids is 1. The molecule has 3 heterocycles. The number of aromatic nitrogens is 2. The van der Waals surface area contributed by atoms with E-state index in [9.17, 15) is 9.90 Å². The Morgan fingerprint density at radius 3 is 2.72 bits per heavy atom. The molecule has 0 amide bonds. The number of fused-ring (bicyclic) bond motifs is 2. The van der Waals surface area contributed by atoms with Crippen molar-refractivity contribution in [3.8, 4) is 0 Å². The minimum Gasteiger partial charge on any atom is -0.480 e. The first-order valence-electron chi connectivity index (χ1n) is 9.44. The summed E-state index contributed by atoms with van der Waals surface area (Å²) in [6.45, 7) is 2.80. The van der Waals surface area contributed by atoms with Crippen molar-refractivity contribution in [3.63, 3.8) is 0 Å². The summed E-state index contributed by atoms with van der Waals surface area (Å²) in [6, 6.07) is 13.0. The quantitative estimate of drug-likeness (QED) is 0.506.